The van der Waals surface area contributed by atoms with E-state index >= 15 is 0 Å². The number of carbonyl (C=O) groups is 1. The molecule has 0 saturated carbocycles. The molecule has 7 nitrogen and oxygen atoms in total. The monoisotopic (exact) mass is 460 g/mol. The van der Waals surface area contributed by atoms with E-state index in [4.69, 9.17) is 4.43 Å². The van der Waals surface area contributed by atoms with E-state index in [9.17, 15) is 23.1 Å². The highest BCUT2D eigenvalue weighted by atomic mass is 28.4. The third kappa shape index (κ3) is 5.03. The van der Waals surface area contributed by atoms with Crippen LogP contribution in [0.25, 0.3) is 0 Å². The van der Waals surface area contributed by atoms with Crippen molar-refractivity contribution in [2.45, 2.75) is 76.2 Å². The summed E-state index contributed by atoms with van der Waals surface area (Å²) in [5, 5.41) is 9.87. The third-order valence-corrected chi connectivity index (χ3v) is 11.1. The van der Waals surface area contributed by atoms with Gasteiger partial charge >= 0.3 is 6.18 Å². The Morgan fingerprint density at radius 1 is 1.13 bits per heavy atom. The van der Waals surface area contributed by atoms with Crippen molar-refractivity contribution in [1.82, 2.24) is 14.9 Å². The summed E-state index contributed by atoms with van der Waals surface area (Å²) in [5.74, 6) is -0.0730. The molecular weight excluding hydrogens is 429 g/mol. The normalized spacial score (nSPS) is 26.0. The Bertz CT molecular complexity index is 798. The minimum Gasteiger partial charge on any atom is -0.410 e. The first kappa shape index (κ1) is 23.9. The highest BCUT2D eigenvalue weighted by molar-refractivity contribution is 6.74. The fraction of sp³-hybridized carbons (Fsp3) is 0.750. The quantitative estimate of drug-likeness (QED) is 0.696. The lowest BCUT2D eigenvalue weighted by molar-refractivity contribution is -0.139. The Morgan fingerprint density at radius 2 is 1.74 bits per heavy atom. The number of hydrogen-bond acceptors (Lipinski definition) is 6. The number of piperidine rings is 1. The highest BCUT2D eigenvalue weighted by Gasteiger charge is 2.46. The van der Waals surface area contributed by atoms with Crippen LogP contribution in [0.4, 0.5) is 19.1 Å². The number of alkyl halides is 3. The number of anilines is 1. The zero-order chi connectivity index (χ0) is 23.2. The van der Waals surface area contributed by atoms with Crippen LogP contribution >= 0.6 is 0 Å². The van der Waals surface area contributed by atoms with E-state index in [1.807, 2.05) is 4.90 Å². The fourth-order valence-corrected chi connectivity index (χ4v) is 5.10. The van der Waals surface area contributed by atoms with Gasteiger partial charge in [-0.05, 0) is 31.0 Å². The molecule has 1 N–H and O–H groups in total. The van der Waals surface area contributed by atoms with Crippen molar-refractivity contribution in [3.8, 4) is 0 Å². The molecule has 3 atom stereocenters. The largest absolute Gasteiger partial charge is 0.419 e. The molecule has 3 heterocycles. The average molecular weight is 461 g/mol. The van der Waals surface area contributed by atoms with Gasteiger partial charge in [-0.2, -0.15) is 13.2 Å². The molecule has 2 aliphatic heterocycles. The van der Waals surface area contributed by atoms with Crippen LogP contribution in [0.2, 0.25) is 18.1 Å². The van der Waals surface area contributed by atoms with Gasteiger partial charge in [0.2, 0.25) is 5.95 Å². The molecule has 174 valence electrons. The van der Waals surface area contributed by atoms with E-state index in [0.717, 1.165) is 12.4 Å². The summed E-state index contributed by atoms with van der Waals surface area (Å²) in [6.07, 6.45) is -3.29. The van der Waals surface area contributed by atoms with Crippen molar-refractivity contribution in [3.63, 3.8) is 0 Å². The van der Waals surface area contributed by atoms with E-state index in [-0.39, 0.29) is 29.0 Å². The average Bonchev–Trinajstić information content (AvgIpc) is 2.99. The molecule has 2 fully saturated rings. The van der Waals surface area contributed by atoms with E-state index in [0.29, 0.717) is 32.5 Å². The number of rotatable bonds is 4. The first-order chi connectivity index (χ1) is 14.2. The number of amides is 1. The number of aromatic nitrogens is 2. The molecule has 1 amide bonds. The third-order valence-electron chi connectivity index (χ3n) is 6.64. The Hall–Kier alpha value is -1.72. The van der Waals surface area contributed by atoms with Gasteiger partial charge in [0.25, 0.3) is 5.91 Å². The Kier molecular flexibility index (Phi) is 6.42. The van der Waals surface area contributed by atoms with Crippen LogP contribution in [0, 0.1) is 0 Å². The molecule has 0 spiro atoms. The summed E-state index contributed by atoms with van der Waals surface area (Å²) in [5.41, 5.74) is -0.892. The zero-order valence-corrected chi connectivity index (χ0v) is 19.6. The van der Waals surface area contributed by atoms with Crippen molar-refractivity contribution >= 4 is 20.2 Å². The van der Waals surface area contributed by atoms with Crippen molar-refractivity contribution in [2.24, 2.45) is 0 Å². The molecule has 1 aromatic rings. The van der Waals surface area contributed by atoms with Crippen LogP contribution in [-0.4, -0.2) is 72.1 Å². The van der Waals surface area contributed by atoms with Crippen molar-refractivity contribution in [1.29, 1.82) is 0 Å². The lowest BCUT2D eigenvalue weighted by Crippen LogP contribution is -2.60. The number of carbonyl (C=O) groups excluding carboxylic acids is 1. The SMILES string of the molecule is CC(C)(C)[Si](C)(C)O[C@@H]1CN(c2ncc(C(F)(F)F)cn2)CCC1N1CC[C@H](O)C1=O. The van der Waals surface area contributed by atoms with Gasteiger partial charge < -0.3 is 19.3 Å². The Balaban J connectivity index is 1.84. The summed E-state index contributed by atoms with van der Waals surface area (Å²) < 4.78 is 45.2. The number of nitrogens with zero attached hydrogens (tertiary/aromatic N) is 4. The van der Waals surface area contributed by atoms with Gasteiger partial charge in [0.1, 0.15) is 6.10 Å². The van der Waals surface area contributed by atoms with Crippen LogP contribution < -0.4 is 4.90 Å². The zero-order valence-electron chi connectivity index (χ0n) is 18.6. The highest BCUT2D eigenvalue weighted by Crippen LogP contribution is 2.39. The van der Waals surface area contributed by atoms with E-state index in [2.05, 4.69) is 43.8 Å². The second-order valence-electron chi connectivity index (χ2n) is 9.82. The van der Waals surface area contributed by atoms with Crippen LogP contribution in [-0.2, 0) is 15.4 Å². The molecular formula is C20H31F3N4O3Si. The molecule has 3 rings (SSSR count). The first-order valence-corrected chi connectivity index (χ1v) is 13.4. The van der Waals surface area contributed by atoms with E-state index in [1.54, 1.807) is 4.90 Å². The Morgan fingerprint density at radius 3 is 2.23 bits per heavy atom. The van der Waals surface area contributed by atoms with Gasteiger partial charge in [0.05, 0.1) is 17.7 Å². The van der Waals surface area contributed by atoms with Gasteiger partial charge in [-0.3, -0.25) is 4.79 Å². The van der Waals surface area contributed by atoms with E-state index in [1.165, 1.54) is 0 Å². The minimum absolute atomic E-state index is 0.0563. The maximum Gasteiger partial charge on any atom is 0.419 e. The van der Waals surface area contributed by atoms with Crippen molar-refractivity contribution in [3.05, 3.63) is 18.0 Å². The van der Waals surface area contributed by atoms with Gasteiger partial charge in [-0.25, -0.2) is 9.97 Å². The predicted molar refractivity (Wildman–Crippen MR) is 112 cm³/mol. The second-order valence-corrected chi connectivity index (χ2v) is 14.6. The van der Waals surface area contributed by atoms with Crippen molar-refractivity contribution in [2.75, 3.05) is 24.5 Å². The molecule has 0 aliphatic carbocycles. The van der Waals surface area contributed by atoms with Crippen LogP contribution in [0.15, 0.2) is 12.4 Å². The van der Waals surface area contributed by atoms with Gasteiger partial charge in [-0.15, -0.1) is 0 Å². The first-order valence-electron chi connectivity index (χ1n) is 10.5. The summed E-state index contributed by atoms with van der Waals surface area (Å²) >= 11 is 0. The molecule has 1 aromatic heterocycles. The number of likely N-dealkylation sites (tertiary alicyclic amines) is 1. The predicted octanol–water partition coefficient (Wildman–Crippen LogP) is 3.06. The molecule has 0 bridgehead atoms. The summed E-state index contributed by atoms with van der Waals surface area (Å²) in [6, 6.07) is -0.204. The number of halogens is 3. The molecule has 2 saturated heterocycles. The molecule has 2 aliphatic rings. The Labute approximate surface area is 181 Å². The molecule has 11 heteroatoms. The van der Waals surface area contributed by atoms with Crippen LogP contribution in [0.5, 0.6) is 0 Å². The van der Waals surface area contributed by atoms with E-state index < -0.39 is 26.2 Å². The lowest BCUT2D eigenvalue weighted by atomic mass is 10.0. The fourth-order valence-electron chi connectivity index (χ4n) is 3.76. The van der Waals surface area contributed by atoms with Crippen molar-refractivity contribution < 1.29 is 27.5 Å². The number of hydrogen-bond donors (Lipinski definition) is 1. The smallest absolute Gasteiger partial charge is 0.410 e. The van der Waals surface area contributed by atoms with Gasteiger partial charge in [0.15, 0.2) is 8.32 Å². The van der Waals surface area contributed by atoms with Crippen LogP contribution in [0.1, 0.15) is 39.2 Å². The topological polar surface area (TPSA) is 78.8 Å². The second kappa shape index (κ2) is 8.32. The molecule has 0 aromatic carbocycles. The van der Waals surface area contributed by atoms with Gasteiger partial charge in [-0.1, -0.05) is 20.8 Å². The standard InChI is InChI=1S/C20H31F3N4O3Si/c1-19(2,3)31(4,5)30-16-12-26(18-24-10-13(11-25-18)20(21,22)23)8-6-14(16)27-9-7-15(28)17(27)29/h10-11,14-16,28H,6-9,12H2,1-5H3/t14?,15-,16+/m0/s1. The molecule has 31 heavy (non-hydrogen) atoms. The summed E-state index contributed by atoms with van der Waals surface area (Å²) in [7, 11) is -2.21. The number of aliphatic hydroxyl groups is 1. The molecule has 0 radical (unpaired) electrons. The minimum atomic E-state index is -4.49. The summed E-state index contributed by atoms with van der Waals surface area (Å²) in [6.45, 7) is 11.9. The maximum absolute atomic E-state index is 12.8. The number of aliphatic hydroxyl groups excluding tert-OH is 1. The van der Waals surface area contributed by atoms with Gasteiger partial charge in [0, 0.05) is 32.0 Å². The molecule has 1 unspecified atom stereocenters. The summed E-state index contributed by atoms with van der Waals surface area (Å²) in [4.78, 5) is 23.9. The lowest BCUT2D eigenvalue weighted by Gasteiger charge is -2.47. The maximum atomic E-state index is 12.8. The van der Waals surface area contributed by atoms with Crippen LogP contribution in [0.3, 0.4) is 0 Å².